The van der Waals surface area contributed by atoms with Crippen molar-refractivity contribution in [1.29, 1.82) is 0 Å². The van der Waals surface area contributed by atoms with Gasteiger partial charge in [-0.05, 0) is 30.5 Å². The molecule has 7 nitrogen and oxygen atoms in total. The minimum absolute atomic E-state index is 0.149. The molecule has 2 aromatic heterocycles. The van der Waals surface area contributed by atoms with Gasteiger partial charge in [0.2, 0.25) is 5.91 Å². The Morgan fingerprint density at radius 3 is 2.59 bits per heavy atom. The number of rotatable bonds is 6. The van der Waals surface area contributed by atoms with Crippen LogP contribution in [0.25, 0.3) is 11.0 Å². The van der Waals surface area contributed by atoms with Gasteiger partial charge < -0.3 is 5.32 Å². The number of pyridine rings is 1. The Morgan fingerprint density at radius 1 is 1.17 bits per heavy atom. The Balaban J connectivity index is 2.00. The van der Waals surface area contributed by atoms with Crippen LogP contribution in [0.1, 0.15) is 24.5 Å². The van der Waals surface area contributed by atoms with Crippen LogP contribution in [0.4, 0.5) is 5.69 Å². The lowest BCUT2D eigenvalue weighted by Gasteiger charge is -2.14. The standard InChI is InChI=1S/C21H24N4O3S/c1-5-8-14-11-22-19-17(20(27)25(4)21(28)24(19)3)18(14)29-12-16(26)23-15-10-7-6-9-13(15)2/h6-7,9-11H,5,8,12H2,1-4H3,(H,23,26). The Hall–Kier alpha value is -2.87. The Morgan fingerprint density at radius 2 is 1.90 bits per heavy atom. The van der Waals surface area contributed by atoms with Crippen LogP contribution in [0.5, 0.6) is 0 Å². The lowest BCUT2D eigenvalue weighted by molar-refractivity contribution is -0.113. The van der Waals surface area contributed by atoms with Gasteiger partial charge in [-0.2, -0.15) is 0 Å². The fraction of sp³-hybridized carbons (Fsp3) is 0.333. The third-order valence-electron chi connectivity index (χ3n) is 4.78. The number of aromatic nitrogens is 3. The van der Waals surface area contributed by atoms with E-state index in [1.807, 2.05) is 38.1 Å². The molecule has 152 valence electrons. The minimum Gasteiger partial charge on any atom is -0.325 e. The van der Waals surface area contributed by atoms with Gasteiger partial charge >= 0.3 is 5.69 Å². The van der Waals surface area contributed by atoms with Gasteiger partial charge in [-0.3, -0.25) is 18.7 Å². The van der Waals surface area contributed by atoms with Crippen molar-refractivity contribution >= 4 is 34.4 Å². The summed E-state index contributed by atoms with van der Waals surface area (Å²) in [6.45, 7) is 3.98. The number of fused-ring (bicyclic) bond motifs is 1. The highest BCUT2D eigenvalue weighted by molar-refractivity contribution is 8.00. The molecule has 0 spiro atoms. The van der Waals surface area contributed by atoms with Gasteiger partial charge in [-0.25, -0.2) is 9.78 Å². The lowest BCUT2D eigenvalue weighted by atomic mass is 10.1. The van der Waals surface area contributed by atoms with Gasteiger partial charge in [-0.15, -0.1) is 11.8 Å². The predicted octanol–water partition coefficient (Wildman–Crippen LogP) is 2.62. The number of thioether (sulfide) groups is 1. The zero-order valence-electron chi connectivity index (χ0n) is 17.0. The second-order valence-corrected chi connectivity index (χ2v) is 7.90. The average Bonchev–Trinajstić information content (AvgIpc) is 2.71. The van der Waals surface area contributed by atoms with Crippen LogP contribution in [-0.4, -0.2) is 25.8 Å². The number of anilines is 1. The first-order chi connectivity index (χ1) is 13.8. The minimum atomic E-state index is -0.425. The summed E-state index contributed by atoms with van der Waals surface area (Å²) in [5.74, 6) is -0.00534. The smallest absolute Gasteiger partial charge is 0.325 e. The predicted molar refractivity (Wildman–Crippen MR) is 117 cm³/mol. The fourth-order valence-electron chi connectivity index (χ4n) is 3.19. The molecule has 1 aromatic carbocycles. The lowest BCUT2D eigenvalue weighted by Crippen LogP contribution is -2.37. The first kappa shape index (κ1) is 20.9. The summed E-state index contributed by atoms with van der Waals surface area (Å²) in [4.78, 5) is 42.7. The van der Waals surface area contributed by atoms with E-state index in [1.54, 1.807) is 13.2 Å². The van der Waals surface area contributed by atoms with Crippen molar-refractivity contribution in [1.82, 2.24) is 14.1 Å². The molecule has 0 aliphatic rings. The van der Waals surface area contributed by atoms with E-state index < -0.39 is 11.2 Å². The number of carbonyl (C=O) groups excluding carboxylic acids is 1. The van der Waals surface area contributed by atoms with Crippen LogP contribution >= 0.6 is 11.8 Å². The average molecular weight is 413 g/mol. The summed E-state index contributed by atoms with van der Waals surface area (Å²) in [6.07, 6.45) is 3.31. The highest BCUT2D eigenvalue weighted by atomic mass is 32.2. The molecule has 2 heterocycles. The largest absolute Gasteiger partial charge is 0.332 e. The molecule has 0 bridgehead atoms. The van der Waals surface area contributed by atoms with E-state index in [9.17, 15) is 14.4 Å². The zero-order valence-corrected chi connectivity index (χ0v) is 17.8. The molecule has 0 saturated heterocycles. The fourth-order valence-corrected chi connectivity index (χ4v) is 4.20. The zero-order chi connectivity index (χ0) is 21.1. The summed E-state index contributed by atoms with van der Waals surface area (Å²) in [5, 5.41) is 3.30. The van der Waals surface area contributed by atoms with Gasteiger partial charge in [-0.1, -0.05) is 31.5 Å². The molecular weight excluding hydrogens is 388 g/mol. The second kappa shape index (κ2) is 8.65. The van der Waals surface area contributed by atoms with Gasteiger partial charge in [0.25, 0.3) is 5.56 Å². The maximum atomic E-state index is 12.9. The normalized spacial score (nSPS) is 11.0. The third kappa shape index (κ3) is 4.12. The van der Waals surface area contributed by atoms with Crippen LogP contribution in [0.3, 0.4) is 0 Å². The van der Waals surface area contributed by atoms with E-state index in [-0.39, 0.29) is 11.7 Å². The highest BCUT2D eigenvalue weighted by Crippen LogP contribution is 2.29. The maximum absolute atomic E-state index is 12.9. The molecule has 0 saturated carbocycles. The van der Waals surface area contributed by atoms with E-state index >= 15 is 0 Å². The van der Waals surface area contributed by atoms with Crippen molar-refractivity contribution < 1.29 is 4.79 Å². The van der Waals surface area contributed by atoms with Crippen molar-refractivity contribution in [3.8, 4) is 0 Å². The van der Waals surface area contributed by atoms with E-state index in [1.165, 1.54) is 23.4 Å². The van der Waals surface area contributed by atoms with E-state index in [0.717, 1.165) is 34.2 Å². The Labute approximate surface area is 172 Å². The quantitative estimate of drug-likeness (QED) is 0.629. The molecule has 0 atom stereocenters. The third-order valence-corrected chi connectivity index (χ3v) is 5.94. The molecule has 0 aliphatic carbocycles. The summed E-state index contributed by atoms with van der Waals surface area (Å²) in [5.41, 5.74) is 2.17. The first-order valence-corrected chi connectivity index (χ1v) is 10.4. The molecule has 0 unspecified atom stereocenters. The summed E-state index contributed by atoms with van der Waals surface area (Å²) >= 11 is 1.31. The molecule has 0 fully saturated rings. The van der Waals surface area contributed by atoms with Crippen LogP contribution in [-0.2, 0) is 25.3 Å². The van der Waals surface area contributed by atoms with E-state index in [0.29, 0.717) is 15.9 Å². The second-order valence-electron chi connectivity index (χ2n) is 6.92. The molecule has 0 aliphatic heterocycles. The van der Waals surface area contributed by atoms with E-state index in [4.69, 9.17) is 0 Å². The number of para-hydroxylation sites is 1. The van der Waals surface area contributed by atoms with Crippen LogP contribution in [0.2, 0.25) is 0 Å². The molecule has 1 N–H and O–H groups in total. The molecule has 3 aromatic rings. The van der Waals surface area contributed by atoms with Crippen molar-refractivity contribution in [2.24, 2.45) is 14.1 Å². The number of aryl methyl sites for hydroxylation is 3. The molecular formula is C21H24N4O3S. The Bertz CT molecular complexity index is 1200. The Kier molecular flexibility index (Phi) is 6.22. The topological polar surface area (TPSA) is 86.0 Å². The molecule has 0 radical (unpaired) electrons. The van der Waals surface area contributed by atoms with Crippen molar-refractivity contribution in [2.75, 3.05) is 11.1 Å². The highest BCUT2D eigenvalue weighted by Gasteiger charge is 2.18. The number of hydrogen-bond donors (Lipinski definition) is 1. The summed E-state index contributed by atoms with van der Waals surface area (Å²) in [6, 6.07) is 7.58. The molecule has 1 amide bonds. The van der Waals surface area contributed by atoms with Crippen molar-refractivity contribution in [3.63, 3.8) is 0 Å². The molecule has 8 heteroatoms. The number of nitrogens with one attached hydrogen (secondary N) is 1. The van der Waals surface area contributed by atoms with Gasteiger partial charge in [0.15, 0.2) is 0 Å². The summed E-state index contributed by atoms with van der Waals surface area (Å²) < 4.78 is 2.45. The number of benzene rings is 1. The first-order valence-electron chi connectivity index (χ1n) is 9.41. The van der Waals surface area contributed by atoms with Crippen LogP contribution < -0.4 is 16.6 Å². The maximum Gasteiger partial charge on any atom is 0.332 e. The van der Waals surface area contributed by atoms with Crippen molar-refractivity contribution in [3.05, 3.63) is 62.4 Å². The summed E-state index contributed by atoms with van der Waals surface area (Å²) in [7, 11) is 3.05. The van der Waals surface area contributed by atoms with Gasteiger partial charge in [0, 0.05) is 30.9 Å². The van der Waals surface area contributed by atoms with Gasteiger partial charge in [0.05, 0.1) is 11.1 Å². The molecule has 3 rings (SSSR count). The van der Waals surface area contributed by atoms with Crippen LogP contribution in [0.15, 0.2) is 44.9 Å². The number of amides is 1. The number of nitrogens with zero attached hydrogens (tertiary/aromatic N) is 3. The van der Waals surface area contributed by atoms with Crippen molar-refractivity contribution in [2.45, 2.75) is 31.6 Å². The van der Waals surface area contributed by atoms with E-state index in [2.05, 4.69) is 10.3 Å². The monoisotopic (exact) mass is 412 g/mol. The number of hydrogen-bond acceptors (Lipinski definition) is 5. The number of carbonyl (C=O) groups is 1. The van der Waals surface area contributed by atoms with Gasteiger partial charge in [0.1, 0.15) is 5.65 Å². The molecule has 29 heavy (non-hydrogen) atoms. The van der Waals surface area contributed by atoms with Crippen LogP contribution in [0, 0.1) is 6.92 Å². The SMILES string of the molecule is CCCc1cnc2c(c1SCC(=O)Nc1ccccc1C)c(=O)n(C)c(=O)n2C.